The van der Waals surface area contributed by atoms with Crippen LogP contribution in [0.15, 0.2) is 0 Å². The Balaban J connectivity index is 0. The van der Waals surface area contributed by atoms with Gasteiger partial charge in [0.05, 0.1) is 13.2 Å². The summed E-state index contributed by atoms with van der Waals surface area (Å²) in [6, 6.07) is -1.04. The summed E-state index contributed by atoms with van der Waals surface area (Å²) in [4.78, 5) is 21.5. The minimum absolute atomic E-state index is 0. The first kappa shape index (κ1) is 19.4. The van der Waals surface area contributed by atoms with E-state index in [0.29, 0.717) is 0 Å². The number of carboxylic acids is 1. The number of carbonyl (C=O) groups excluding carboxylic acids is 1. The second-order valence-corrected chi connectivity index (χ2v) is 4.45. The Hall–Kier alpha value is -0.990. The number of hydrogen-bond donors (Lipinski definition) is 3. The number of hydrogen-bond acceptors (Lipinski definition) is 5. The molecule has 0 rings (SSSR count). The zero-order valence-electron chi connectivity index (χ0n) is 10.9. The van der Waals surface area contributed by atoms with E-state index < -0.39 is 23.7 Å². The maximum absolute atomic E-state index is 11.2. The van der Waals surface area contributed by atoms with Gasteiger partial charge in [0.25, 0.3) is 0 Å². The molecule has 0 radical (unpaired) electrons. The molecule has 0 unspecified atom stereocenters. The lowest BCUT2D eigenvalue weighted by Gasteiger charge is -2.19. The molecule has 0 aliphatic heterocycles. The molecular formula is C10H22N2O5S. The lowest BCUT2D eigenvalue weighted by Crippen LogP contribution is -2.37. The van der Waals surface area contributed by atoms with Crippen molar-refractivity contribution in [2.45, 2.75) is 32.4 Å². The fourth-order valence-corrected chi connectivity index (χ4v) is 0.821. The number of amides is 1. The molecule has 0 heterocycles. The van der Waals surface area contributed by atoms with Gasteiger partial charge in [0.15, 0.2) is 0 Å². The molecule has 18 heavy (non-hydrogen) atoms. The van der Waals surface area contributed by atoms with E-state index >= 15 is 0 Å². The number of nitrogens with one attached hydrogen (secondary N) is 1. The third-order valence-electron chi connectivity index (χ3n) is 1.53. The van der Waals surface area contributed by atoms with Gasteiger partial charge in [0, 0.05) is 6.54 Å². The van der Waals surface area contributed by atoms with Crippen molar-refractivity contribution in [2.24, 2.45) is 5.73 Å². The van der Waals surface area contributed by atoms with Crippen molar-refractivity contribution in [3.63, 3.8) is 0 Å². The summed E-state index contributed by atoms with van der Waals surface area (Å²) in [7, 11) is 0. The van der Waals surface area contributed by atoms with Crippen LogP contribution in [-0.4, -0.2) is 48.6 Å². The summed E-state index contributed by atoms with van der Waals surface area (Å²) in [6.45, 7) is 5.60. The Morgan fingerprint density at radius 1 is 1.39 bits per heavy atom. The number of nitrogens with two attached hydrogens (primary N) is 1. The van der Waals surface area contributed by atoms with Gasteiger partial charge in [-0.2, -0.15) is 13.5 Å². The molecule has 8 heteroatoms. The van der Waals surface area contributed by atoms with Crippen molar-refractivity contribution < 1.29 is 24.2 Å². The molecule has 7 nitrogen and oxygen atoms in total. The van der Waals surface area contributed by atoms with Crippen LogP contribution in [0.25, 0.3) is 0 Å². The molecule has 0 bridgehead atoms. The molecule has 0 aromatic heterocycles. The van der Waals surface area contributed by atoms with Gasteiger partial charge in [-0.3, -0.25) is 4.79 Å². The molecule has 0 aliphatic rings. The molecule has 0 aromatic rings. The average Bonchev–Trinajstić information content (AvgIpc) is 2.13. The van der Waals surface area contributed by atoms with Crippen LogP contribution in [0.3, 0.4) is 0 Å². The van der Waals surface area contributed by atoms with Crippen LogP contribution < -0.4 is 11.1 Å². The van der Waals surface area contributed by atoms with Crippen LogP contribution in [0.4, 0.5) is 4.79 Å². The third-order valence-corrected chi connectivity index (χ3v) is 1.53. The minimum Gasteiger partial charge on any atom is -0.480 e. The van der Waals surface area contributed by atoms with E-state index in [9.17, 15) is 9.59 Å². The van der Waals surface area contributed by atoms with Crippen LogP contribution in [-0.2, 0) is 14.3 Å². The van der Waals surface area contributed by atoms with Gasteiger partial charge in [-0.1, -0.05) is 0 Å². The van der Waals surface area contributed by atoms with Crippen LogP contribution >= 0.6 is 13.5 Å². The number of ether oxygens (including phenoxy) is 2. The minimum atomic E-state index is -1.12. The Morgan fingerprint density at radius 2 is 1.94 bits per heavy atom. The molecule has 0 spiro atoms. The Morgan fingerprint density at radius 3 is 2.39 bits per heavy atom. The van der Waals surface area contributed by atoms with Crippen LogP contribution in [0.2, 0.25) is 0 Å². The predicted octanol–water partition coefficient (Wildman–Crippen LogP) is 0.0524. The highest BCUT2D eigenvalue weighted by atomic mass is 32.1. The Bertz CT molecular complexity index is 267. The molecule has 4 N–H and O–H groups in total. The smallest absolute Gasteiger partial charge is 0.407 e. The summed E-state index contributed by atoms with van der Waals surface area (Å²) in [5.74, 6) is -1.12. The van der Waals surface area contributed by atoms with Crippen LogP contribution in [0, 0.1) is 0 Å². The first-order valence-corrected chi connectivity index (χ1v) is 5.25. The zero-order valence-corrected chi connectivity index (χ0v) is 11.9. The van der Waals surface area contributed by atoms with E-state index in [1.165, 1.54) is 0 Å². The topological polar surface area (TPSA) is 111 Å². The largest absolute Gasteiger partial charge is 0.480 e. The number of carboxylic acid groups (broad SMARTS) is 1. The van der Waals surface area contributed by atoms with Crippen molar-refractivity contribution in [1.82, 2.24) is 5.32 Å². The van der Waals surface area contributed by atoms with Crippen LogP contribution in [0.1, 0.15) is 20.8 Å². The van der Waals surface area contributed by atoms with E-state index in [0.717, 1.165) is 0 Å². The maximum atomic E-state index is 11.2. The highest BCUT2D eigenvalue weighted by Crippen LogP contribution is 2.05. The first-order valence-electron chi connectivity index (χ1n) is 5.25. The van der Waals surface area contributed by atoms with E-state index in [-0.39, 0.29) is 33.3 Å². The lowest BCUT2D eigenvalue weighted by molar-refractivity contribution is -0.140. The van der Waals surface area contributed by atoms with Crippen molar-refractivity contribution >= 4 is 25.6 Å². The molecule has 1 amide bonds. The summed E-state index contributed by atoms with van der Waals surface area (Å²) >= 11 is 0. The number of aliphatic carboxylic acids is 1. The second kappa shape index (κ2) is 9.01. The molecule has 0 aliphatic carbocycles. The third kappa shape index (κ3) is 11.5. The number of rotatable bonds is 6. The highest BCUT2D eigenvalue weighted by Gasteiger charge is 2.15. The van der Waals surface area contributed by atoms with Crippen molar-refractivity contribution in [2.75, 3.05) is 19.8 Å². The van der Waals surface area contributed by atoms with E-state index in [4.69, 9.17) is 20.3 Å². The van der Waals surface area contributed by atoms with E-state index in [1.54, 1.807) is 20.8 Å². The number of carbonyl (C=O) groups is 2. The van der Waals surface area contributed by atoms with E-state index in [1.807, 2.05) is 0 Å². The van der Waals surface area contributed by atoms with Crippen LogP contribution in [0.5, 0.6) is 0 Å². The van der Waals surface area contributed by atoms with Gasteiger partial charge in [-0.15, -0.1) is 0 Å². The Kier molecular flexibility index (Phi) is 9.69. The SMILES string of the molecule is CC(C)(C)OC(=O)NCCOC[C@H](N)C(=O)O.S. The van der Waals surface area contributed by atoms with Gasteiger partial charge >= 0.3 is 12.1 Å². The molecule has 0 saturated carbocycles. The maximum Gasteiger partial charge on any atom is 0.407 e. The van der Waals surface area contributed by atoms with Gasteiger partial charge in [-0.05, 0) is 20.8 Å². The lowest BCUT2D eigenvalue weighted by atomic mass is 10.2. The quantitative estimate of drug-likeness (QED) is 0.594. The average molecular weight is 282 g/mol. The van der Waals surface area contributed by atoms with Crippen molar-refractivity contribution in [3.8, 4) is 0 Å². The van der Waals surface area contributed by atoms with Gasteiger partial charge in [-0.25, -0.2) is 4.79 Å². The predicted molar refractivity (Wildman–Crippen MR) is 71.0 cm³/mol. The number of alkyl carbamates (subject to hydrolysis) is 1. The normalized spacial score (nSPS) is 12.2. The summed E-state index contributed by atoms with van der Waals surface area (Å²) in [6.07, 6.45) is -0.538. The van der Waals surface area contributed by atoms with E-state index in [2.05, 4.69) is 5.32 Å². The van der Waals surface area contributed by atoms with Gasteiger partial charge < -0.3 is 25.6 Å². The molecule has 1 atom stereocenters. The fourth-order valence-electron chi connectivity index (χ4n) is 0.821. The summed E-state index contributed by atoms with van der Waals surface area (Å²) in [5, 5.41) is 10.9. The summed E-state index contributed by atoms with van der Waals surface area (Å²) in [5.41, 5.74) is 4.66. The molecular weight excluding hydrogens is 260 g/mol. The zero-order chi connectivity index (χ0) is 13.5. The Labute approximate surface area is 113 Å². The van der Waals surface area contributed by atoms with Gasteiger partial charge in [0.1, 0.15) is 11.6 Å². The molecule has 0 fully saturated rings. The second-order valence-electron chi connectivity index (χ2n) is 4.45. The molecule has 0 saturated heterocycles. The van der Waals surface area contributed by atoms with Gasteiger partial charge in [0.2, 0.25) is 0 Å². The van der Waals surface area contributed by atoms with Crippen molar-refractivity contribution in [3.05, 3.63) is 0 Å². The first-order chi connectivity index (χ1) is 7.72. The molecule has 108 valence electrons. The monoisotopic (exact) mass is 282 g/mol. The standard InChI is InChI=1S/C10H20N2O5.H2S/c1-10(2,3)17-9(15)12-4-5-16-6-7(11)8(13)14;/h7H,4-6,11H2,1-3H3,(H,12,15)(H,13,14);1H2/t7-;/m0./s1. The summed E-state index contributed by atoms with van der Waals surface area (Å²) < 4.78 is 9.94. The molecule has 0 aromatic carbocycles. The highest BCUT2D eigenvalue weighted by molar-refractivity contribution is 7.59. The fraction of sp³-hybridized carbons (Fsp3) is 0.800. The van der Waals surface area contributed by atoms with Crippen molar-refractivity contribution in [1.29, 1.82) is 0 Å².